The quantitative estimate of drug-likeness (QED) is 0.555. The Bertz CT molecular complexity index is 903. The summed E-state index contributed by atoms with van der Waals surface area (Å²) in [6.07, 6.45) is 2.79. The normalized spacial score (nSPS) is 11.3. The molecule has 0 fully saturated rings. The summed E-state index contributed by atoms with van der Waals surface area (Å²) < 4.78 is 29.2. The maximum Gasteiger partial charge on any atom is 0.330 e. The molecule has 142 valence electrons. The minimum atomic E-state index is -3.49. The van der Waals surface area contributed by atoms with Gasteiger partial charge in [-0.25, -0.2) is 13.2 Å². The van der Waals surface area contributed by atoms with Crippen molar-refractivity contribution in [3.05, 3.63) is 66.2 Å². The summed E-state index contributed by atoms with van der Waals surface area (Å²) in [5.74, 6) is -1.07. The Balaban J connectivity index is 1.88. The average molecular weight is 387 g/mol. The predicted octanol–water partition coefficient (Wildman–Crippen LogP) is 3.07. The number of carbonyl (C=O) groups is 2. The van der Waals surface area contributed by atoms with Gasteiger partial charge in [-0.05, 0) is 42.8 Å². The first-order valence-corrected chi connectivity index (χ1v) is 10.1. The number of hydrogen-bond acceptors (Lipinski definition) is 5. The number of esters is 1. The molecule has 1 N–H and O–H groups in total. The van der Waals surface area contributed by atoms with Gasteiger partial charge in [-0.2, -0.15) is 0 Å². The highest BCUT2D eigenvalue weighted by atomic mass is 32.2. The molecule has 7 heteroatoms. The molecule has 0 aliphatic rings. The van der Waals surface area contributed by atoms with Crippen molar-refractivity contribution in [1.82, 2.24) is 0 Å². The Morgan fingerprint density at radius 3 is 2.33 bits per heavy atom. The summed E-state index contributed by atoms with van der Waals surface area (Å²) in [7, 11) is -3.49. The standard InChI is InChI=1S/C20H21NO5S/c1-2-26-20(23)13-10-16-8-11-17(12-9-16)21-19(22)14-15-27(24,25)18-6-4-3-5-7-18/h3-13H,2,14-15H2,1H3,(H,21,22). The van der Waals surface area contributed by atoms with Gasteiger partial charge in [0.15, 0.2) is 9.84 Å². The molecule has 0 aliphatic heterocycles. The van der Waals surface area contributed by atoms with Gasteiger partial charge in [0, 0.05) is 18.2 Å². The number of hydrogen-bond donors (Lipinski definition) is 1. The van der Waals surface area contributed by atoms with E-state index >= 15 is 0 Å². The van der Waals surface area contributed by atoms with Crippen LogP contribution in [0.5, 0.6) is 0 Å². The first-order valence-electron chi connectivity index (χ1n) is 8.43. The van der Waals surface area contributed by atoms with Gasteiger partial charge < -0.3 is 10.1 Å². The molecule has 0 bridgehead atoms. The number of rotatable bonds is 8. The smallest absolute Gasteiger partial charge is 0.330 e. The molecule has 27 heavy (non-hydrogen) atoms. The maximum absolute atomic E-state index is 12.2. The number of benzene rings is 2. The van der Waals surface area contributed by atoms with E-state index in [1.54, 1.807) is 55.5 Å². The number of amides is 1. The fourth-order valence-corrected chi connectivity index (χ4v) is 3.49. The zero-order valence-electron chi connectivity index (χ0n) is 14.9. The highest BCUT2D eigenvalue weighted by Crippen LogP contribution is 2.14. The number of carbonyl (C=O) groups excluding carboxylic acids is 2. The van der Waals surface area contributed by atoms with E-state index < -0.39 is 15.8 Å². The molecule has 2 aromatic rings. The van der Waals surface area contributed by atoms with Gasteiger partial charge in [-0.1, -0.05) is 30.3 Å². The van der Waals surface area contributed by atoms with Gasteiger partial charge in [0.2, 0.25) is 5.91 Å². The van der Waals surface area contributed by atoms with Crippen LogP contribution in [0.15, 0.2) is 65.6 Å². The highest BCUT2D eigenvalue weighted by molar-refractivity contribution is 7.91. The Hall–Kier alpha value is -2.93. The second kappa shape index (κ2) is 9.68. The SMILES string of the molecule is CCOC(=O)C=Cc1ccc(NC(=O)CCS(=O)(=O)c2ccccc2)cc1. The Kier molecular flexibility index (Phi) is 7.31. The van der Waals surface area contributed by atoms with Crippen LogP contribution in [0, 0.1) is 0 Å². The van der Waals surface area contributed by atoms with Crippen molar-refractivity contribution in [3.8, 4) is 0 Å². The molecule has 0 unspecified atom stereocenters. The van der Waals surface area contributed by atoms with Crippen molar-refractivity contribution < 1.29 is 22.7 Å². The maximum atomic E-state index is 12.2. The molecular formula is C20H21NO5S. The van der Waals surface area contributed by atoms with E-state index in [9.17, 15) is 18.0 Å². The van der Waals surface area contributed by atoms with Crippen molar-refractivity contribution in [2.24, 2.45) is 0 Å². The first-order chi connectivity index (χ1) is 12.9. The molecule has 0 saturated carbocycles. The molecule has 1 amide bonds. The summed E-state index contributed by atoms with van der Waals surface area (Å²) in [5.41, 5.74) is 1.32. The van der Waals surface area contributed by atoms with Gasteiger partial charge in [0.05, 0.1) is 17.3 Å². The van der Waals surface area contributed by atoms with Crippen LogP contribution in [0.4, 0.5) is 5.69 Å². The average Bonchev–Trinajstić information content (AvgIpc) is 2.67. The number of anilines is 1. The van der Waals surface area contributed by atoms with Crippen LogP contribution in [0.1, 0.15) is 18.9 Å². The van der Waals surface area contributed by atoms with Gasteiger partial charge in [-0.15, -0.1) is 0 Å². The number of nitrogens with one attached hydrogen (secondary N) is 1. The number of ether oxygens (including phenoxy) is 1. The van der Waals surface area contributed by atoms with Crippen LogP contribution in [-0.2, 0) is 24.2 Å². The molecule has 0 spiro atoms. The molecule has 0 aromatic heterocycles. The Morgan fingerprint density at radius 2 is 1.70 bits per heavy atom. The molecule has 0 aliphatic carbocycles. The topological polar surface area (TPSA) is 89.5 Å². The van der Waals surface area contributed by atoms with Gasteiger partial charge in [0.25, 0.3) is 0 Å². The lowest BCUT2D eigenvalue weighted by atomic mass is 10.2. The van der Waals surface area contributed by atoms with Crippen LogP contribution < -0.4 is 5.32 Å². The fourth-order valence-electron chi connectivity index (χ4n) is 2.23. The largest absolute Gasteiger partial charge is 0.463 e. The van der Waals surface area contributed by atoms with Crippen molar-refractivity contribution in [2.75, 3.05) is 17.7 Å². The third-order valence-electron chi connectivity index (χ3n) is 3.59. The third-order valence-corrected chi connectivity index (χ3v) is 5.33. The fraction of sp³-hybridized carbons (Fsp3) is 0.200. The zero-order chi connectivity index (χ0) is 19.7. The van der Waals surface area contributed by atoms with Crippen LogP contribution in [0.25, 0.3) is 6.08 Å². The number of sulfone groups is 1. The zero-order valence-corrected chi connectivity index (χ0v) is 15.7. The lowest BCUT2D eigenvalue weighted by molar-refractivity contribution is -0.137. The molecule has 2 aromatic carbocycles. The van der Waals surface area contributed by atoms with E-state index in [-0.39, 0.29) is 23.0 Å². The molecule has 0 radical (unpaired) electrons. The second-order valence-corrected chi connectivity index (χ2v) is 7.75. The van der Waals surface area contributed by atoms with E-state index in [2.05, 4.69) is 5.32 Å². The van der Waals surface area contributed by atoms with Crippen molar-refractivity contribution in [3.63, 3.8) is 0 Å². The lowest BCUT2D eigenvalue weighted by Gasteiger charge is -2.07. The summed E-state index contributed by atoms with van der Waals surface area (Å²) >= 11 is 0. The van der Waals surface area contributed by atoms with Gasteiger partial charge in [0.1, 0.15) is 0 Å². The highest BCUT2D eigenvalue weighted by Gasteiger charge is 2.16. The Labute approximate surface area is 158 Å². The van der Waals surface area contributed by atoms with E-state index in [1.807, 2.05) is 0 Å². The molecule has 0 heterocycles. The molecule has 6 nitrogen and oxygen atoms in total. The molecular weight excluding hydrogens is 366 g/mol. The van der Waals surface area contributed by atoms with Crippen LogP contribution in [-0.4, -0.2) is 32.7 Å². The van der Waals surface area contributed by atoms with Gasteiger partial charge in [-0.3, -0.25) is 4.79 Å². The monoisotopic (exact) mass is 387 g/mol. The third kappa shape index (κ3) is 6.71. The van der Waals surface area contributed by atoms with Crippen molar-refractivity contribution >= 4 is 33.5 Å². The van der Waals surface area contributed by atoms with Crippen LogP contribution in [0.2, 0.25) is 0 Å². The molecule has 2 rings (SSSR count). The van der Waals surface area contributed by atoms with Gasteiger partial charge >= 0.3 is 5.97 Å². The van der Waals surface area contributed by atoms with Crippen molar-refractivity contribution in [1.29, 1.82) is 0 Å². The lowest BCUT2D eigenvalue weighted by Crippen LogP contribution is -2.17. The second-order valence-electron chi connectivity index (χ2n) is 5.64. The van der Waals surface area contributed by atoms with Crippen LogP contribution in [0.3, 0.4) is 0 Å². The van der Waals surface area contributed by atoms with E-state index in [1.165, 1.54) is 18.2 Å². The molecule has 0 atom stereocenters. The van der Waals surface area contributed by atoms with E-state index in [0.717, 1.165) is 5.56 Å². The predicted molar refractivity (Wildman–Crippen MR) is 104 cm³/mol. The summed E-state index contributed by atoms with van der Waals surface area (Å²) in [5, 5.41) is 2.66. The first kappa shape index (κ1) is 20.4. The minimum Gasteiger partial charge on any atom is -0.463 e. The van der Waals surface area contributed by atoms with Crippen molar-refractivity contribution in [2.45, 2.75) is 18.2 Å². The Morgan fingerprint density at radius 1 is 1.04 bits per heavy atom. The van der Waals surface area contributed by atoms with Crippen LogP contribution >= 0.6 is 0 Å². The van der Waals surface area contributed by atoms with E-state index in [0.29, 0.717) is 12.3 Å². The molecule has 0 saturated heterocycles. The van der Waals surface area contributed by atoms with E-state index in [4.69, 9.17) is 4.74 Å². The summed E-state index contributed by atoms with van der Waals surface area (Å²) in [6, 6.07) is 14.8. The summed E-state index contributed by atoms with van der Waals surface area (Å²) in [6.45, 7) is 2.04. The minimum absolute atomic E-state index is 0.137. The summed E-state index contributed by atoms with van der Waals surface area (Å²) in [4.78, 5) is 23.5.